The van der Waals surface area contributed by atoms with Gasteiger partial charge in [-0.05, 0) is 12.8 Å². The summed E-state index contributed by atoms with van der Waals surface area (Å²) >= 11 is 0. The molecule has 3 heteroatoms. The molecule has 1 N–H and O–H groups in total. The molecule has 2 fully saturated rings. The summed E-state index contributed by atoms with van der Waals surface area (Å²) in [5.74, 6) is -0.299. The Labute approximate surface area is 62.2 Å². The van der Waals surface area contributed by atoms with E-state index in [2.05, 4.69) is 5.32 Å². The third-order valence-corrected chi connectivity index (χ3v) is 2.80. The molecule has 1 aliphatic heterocycles. The minimum atomic E-state index is -0.299. The van der Waals surface area contributed by atoms with E-state index in [0.717, 1.165) is 6.54 Å². The molecule has 1 saturated carbocycles. The van der Waals surface area contributed by atoms with Crippen molar-refractivity contribution in [2.24, 2.45) is 0 Å². The zero-order valence-corrected chi connectivity index (χ0v) is 6.44. The van der Waals surface area contributed by atoms with Crippen molar-refractivity contribution in [3.8, 4) is 0 Å². The van der Waals surface area contributed by atoms with Crippen LogP contribution in [0.5, 0.6) is 0 Å². The van der Waals surface area contributed by atoms with Gasteiger partial charge < -0.3 is 14.8 Å². The second-order valence-electron chi connectivity index (χ2n) is 3.10. The van der Waals surface area contributed by atoms with Gasteiger partial charge in [-0.25, -0.2) is 0 Å². The van der Waals surface area contributed by atoms with Crippen molar-refractivity contribution in [2.75, 3.05) is 20.8 Å². The third kappa shape index (κ3) is 0.516. The molecular weight excluding hydrogens is 130 g/mol. The van der Waals surface area contributed by atoms with E-state index in [1.54, 1.807) is 14.2 Å². The number of rotatable bonds is 2. The highest BCUT2D eigenvalue weighted by Gasteiger charge is 2.67. The van der Waals surface area contributed by atoms with E-state index in [9.17, 15) is 0 Å². The minimum absolute atomic E-state index is 0. The van der Waals surface area contributed by atoms with Gasteiger partial charge in [0.2, 0.25) is 0 Å². The van der Waals surface area contributed by atoms with Crippen LogP contribution in [-0.2, 0) is 9.47 Å². The highest BCUT2D eigenvalue weighted by Crippen LogP contribution is 2.52. The molecule has 0 amide bonds. The summed E-state index contributed by atoms with van der Waals surface area (Å²) in [4.78, 5) is 0. The SMILES string of the molecule is COC1(OC)CNC12CC2.[HH]. The first kappa shape index (κ1) is 6.58. The Morgan fingerprint density at radius 2 is 1.90 bits per heavy atom. The summed E-state index contributed by atoms with van der Waals surface area (Å²) in [6.45, 7) is 0.833. The van der Waals surface area contributed by atoms with E-state index in [1.807, 2.05) is 0 Å². The molecule has 2 rings (SSSR count). The van der Waals surface area contributed by atoms with Crippen LogP contribution in [0, 0.1) is 0 Å². The van der Waals surface area contributed by atoms with Gasteiger partial charge in [0.25, 0.3) is 0 Å². The van der Waals surface area contributed by atoms with Gasteiger partial charge in [0.15, 0.2) is 5.79 Å². The van der Waals surface area contributed by atoms with Crippen LogP contribution in [-0.4, -0.2) is 32.1 Å². The molecule has 1 saturated heterocycles. The predicted octanol–water partition coefficient (Wildman–Crippen LogP) is 0.357. The van der Waals surface area contributed by atoms with Gasteiger partial charge in [-0.2, -0.15) is 0 Å². The molecule has 0 aromatic carbocycles. The van der Waals surface area contributed by atoms with E-state index < -0.39 is 0 Å². The van der Waals surface area contributed by atoms with Crippen LogP contribution in [0.3, 0.4) is 0 Å². The quantitative estimate of drug-likeness (QED) is 0.569. The zero-order chi connectivity index (χ0) is 7.24. The lowest BCUT2D eigenvalue weighted by Crippen LogP contribution is -2.72. The normalized spacial score (nSPS) is 31.8. The van der Waals surface area contributed by atoms with Gasteiger partial charge in [-0.3, -0.25) is 0 Å². The second-order valence-corrected chi connectivity index (χ2v) is 3.10. The monoisotopic (exact) mass is 145 g/mol. The molecule has 1 heterocycles. The molecule has 0 radical (unpaired) electrons. The van der Waals surface area contributed by atoms with E-state index >= 15 is 0 Å². The highest BCUT2D eigenvalue weighted by atomic mass is 16.7. The average molecular weight is 145 g/mol. The van der Waals surface area contributed by atoms with E-state index in [4.69, 9.17) is 9.47 Å². The van der Waals surface area contributed by atoms with Crippen molar-refractivity contribution < 1.29 is 10.9 Å². The van der Waals surface area contributed by atoms with Crippen molar-refractivity contribution in [3.05, 3.63) is 0 Å². The predicted molar refractivity (Wildman–Crippen MR) is 38.8 cm³/mol. The van der Waals surface area contributed by atoms with E-state index in [0.29, 0.717) is 0 Å². The summed E-state index contributed by atoms with van der Waals surface area (Å²) in [6, 6.07) is 0. The van der Waals surface area contributed by atoms with Crippen molar-refractivity contribution in [1.82, 2.24) is 5.32 Å². The Morgan fingerprint density at radius 3 is 2.00 bits per heavy atom. The summed E-state index contributed by atoms with van der Waals surface area (Å²) in [5.41, 5.74) is 0.191. The van der Waals surface area contributed by atoms with Gasteiger partial charge in [-0.1, -0.05) is 0 Å². The molecule has 1 spiro atoms. The molecule has 3 nitrogen and oxygen atoms in total. The van der Waals surface area contributed by atoms with Crippen LogP contribution < -0.4 is 5.32 Å². The molecule has 60 valence electrons. The molecule has 0 aromatic heterocycles. The highest BCUT2D eigenvalue weighted by molar-refractivity contribution is 5.21. The van der Waals surface area contributed by atoms with Crippen molar-refractivity contribution in [3.63, 3.8) is 0 Å². The lowest BCUT2D eigenvalue weighted by Gasteiger charge is -2.48. The lowest BCUT2D eigenvalue weighted by molar-refractivity contribution is -0.270. The van der Waals surface area contributed by atoms with Gasteiger partial charge in [0.1, 0.15) is 0 Å². The number of ether oxygens (including phenoxy) is 2. The Kier molecular flexibility index (Phi) is 1.14. The summed E-state index contributed by atoms with van der Waals surface area (Å²) in [7, 11) is 3.43. The zero-order valence-electron chi connectivity index (χ0n) is 6.44. The molecule has 10 heavy (non-hydrogen) atoms. The van der Waals surface area contributed by atoms with Crippen LogP contribution in [0.1, 0.15) is 14.3 Å². The number of nitrogens with one attached hydrogen (secondary N) is 1. The Bertz CT molecular complexity index is 149. The van der Waals surface area contributed by atoms with Crippen molar-refractivity contribution in [2.45, 2.75) is 24.2 Å². The van der Waals surface area contributed by atoms with Crippen LogP contribution >= 0.6 is 0 Å². The first-order chi connectivity index (χ1) is 4.79. The fraction of sp³-hybridized carbons (Fsp3) is 1.00. The Balaban J connectivity index is 0.000000605. The van der Waals surface area contributed by atoms with Gasteiger partial charge in [0.05, 0.1) is 12.1 Å². The number of methoxy groups -OCH3 is 2. The van der Waals surface area contributed by atoms with Crippen LogP contribution in [0.4, 0.5) is 0 Å². The second kappa shape index (κ2) is 1.72. The molecule has 0 aromatic rings. The number of hydrogen-bond acceptors (Lipinski definition) is 3. The fourth-order valence-electron chi connectivity index (χ4n) is 1.78. The average Bonchev–Trinajstić information content (AvgIpc) is 2.69. The van der Waals surface area contributed by atoms with Crippen LogP contribution in [0.2, 0.25) is 0 Å². The van der Waals surface area contributed by atoms with E-state index in [1.165, 1.54) is 12.8 Å². The van der Waals surface area contributed by atoms with Crippen molar-refractivity contribution >= 4 is 0 Å². The third-order valence-electron chi connectivity index (χ3n) is 2.80. The molecule has 2 aliphatic rings. The summed E-state index contributed by atoms with van der Waals surface area (Å²) in [5, 5.41) is 3.34. The Morgan fingerprint density at radius 1 is 1.30 bits per heavy atom. The van der Waals surface area contributed by atoms with E-state index in [-0.39, 0.29) is 12.8 Å². The summed E-state index contributed by atoms with van der Waals surface area (Å²) < 4.78 is 10.6. The first-order valence-corrected chi connectivity index (χ1v) is 3.64. The smallest absolute Gasteiger partial charge is 0.198 e. The largest absolute Gasteiger partial charge is 0.350 e. The Hall–Kier alpha value is -0.120. The van der Waals surface area contributed by atoms with Crippen molar-refractivity contribution in [1.29, 1.82) is 0 Å². The maximum absolute atomic E-state index is 5.32. The maximum Gasteiger partial charge on any atom is 0.198 e. The van der Waals surface area contributed by atoms with Gasteiger partial charge in [0, 0.05) is 15.6 Å². The van der Waals surface area contributed by atoms with Gasteiger partial charge in [-0.15, -0.1) is 0 Å². The maximum atomic E-state index is 5.32. The van der Waals surface area contributed by atoms with Crippen LogP contribution in [0.15, 0.2) is 0 Å². The van der Waals surface area contributed by atoms with Gasteiger partial charge >= 0.3 is 0 Å². The molecule has 0 atom stereocenters. The fourth-order valence-corrected chi connectivity index (χ4v) is 1.78. The molecular formula is C7H15NO2. The summed E-state index contributed by atoms with van der Waals surface area (Å²) in [6.07, 6.45) is 2.38. The molecule has 1 aliphatic carbocycles. The lowest BCUT2D eigenvalue weighted by atomic mass is 9.95. The topological polar surface area (TPSA) is 30.5 Å². The standard InChI is InChI=1S/C7H13NO2.H2/c1-9-7(10-2)5-8-6(7)3-4-6;/h8H,3-5H2,1-2H3;1H. The minimum Gasteiger partial charge on any atom is -0.350 e. The molecule has 0 bridgehead atoms. The first-order valence-electron chi connectivity index (χ1n) is 3.64. The van der Waals surface area contributed by atoms with Crippen LogP contribution in [0.25, 0.3) is 0 Å². The number of hydrogen-bond donors (Lipinski definition) is 1. The molecule has 0 unspecified atom stereocenters.